The molecule has 1 aromatic carbocycles. The monoisotopic (exact) mass is 247 g/mol. The molecule has 1 amide bonds. The summed E-state index contributed by atoms with van der Waals surface area (Å²) < 4.78 is 0. The first kappa shape index (κ1) is 12.1. The average molecular weight is 247 g/mol. The maximum atomic E-state index is 11.5. The smallest absolute Gasteiger partial charge is 0.227 e. The Hall–Kier alpha value is -2.37. The summed E-state index contributed by atoms with van der Waals surface area (Å²) in [6.45, 7) is 0. The molecule has 6 nitrogen and oxygen atoms in total. The molecule has 1 fully saturated rings. The zero-order chi connectivity index (χ0) is 13.3. The molecule has 1 aromatic rings. The summed E-state index contributed by atoms with van der Waals surface area (Å²) in [5.74, 6) is -3.34. The van der Waals surface area contributed by atoms with Gasteiger partial charge in [-0.25, -0.2) is 0 Å². The molecule has 1 saturated carbocycles. The second-order valence-corrected chi connectivity index (χ2v) is 4.14. The van der Waals surface area contributed by atoms with Crippen molar-refractivity contribution in [2.24, 2.45) is 5.92 Å². The molecule has 94 valence electrons. The highest BCUT2D eigenvalue weighted by molar-refractivity contribution is 5.98. The highest BCUT2D eigenvalue weighted by atomic mass is 16.4. The second kappa shape index (κ2) is 4.48. The van der Waals surface area contributed by atoms with Crippen LogP contribution in [0.4, 0.5) is 5.69 Å². The summed E-state index contributed by atoms with van der Waals surface area (Å²) in [6.07, 6.45) is 1.58. The van der Waals surface area contributed by atoms with Crippen LogP contribution in [-0.4, -0.2) is 17.8 Å². The molecule has 1 aliphatic rings. The van der Waals surface area contributed by atoms with Crippen molar-refractivity contribution in [2.75, 3.05) is 5.32 Å². The van der Waals surface area contributed by atoms with Crippen molar-refractivity contribution in [3.63, 3.8) is 0 Å². The van der Waals surface area contributed by atoms with Crippen molar-refractivity contribution in [3.05, 3.63) is 29.3 Å². The van der Waals surface area contributed by atoms with E-state index in [4.69, 9.17) is 0 Å². The van der Waals surface area contributed by atoms with Crippen LogP contribution in [0.15, 0.2) is 18.2 Å². The highest BCUT2D eigenvalue weighted by Crippen LogP contribution is 2.30. The van der Waals surface area contributed by atoms with E-state index in [-0.39, 0.29) is 28.6 Å². The van der Waals surface area contributed by atoms with E-state index in [1.165, 1.54) is 0 Å². The summed E-state index contributed by atoms with van der Waals surface area (Å²) in [7, 11) is 0. The van der Waals surface area contributed by atoms with Gasteiger partial charge >= 0.3 is 0 Å². The molecular weight excluding hydrogens is 238 g/mol. The Bertz CT molecular complexity index is 501. The van der Waals surface area contributed by atoms with Gasteiger partial charge in [0.15, 0.2) is 0 Å². The third-order valence-corrected chi connectivity index (χ3v) is 2.62. The van der Waals surface area contributed by atoms with Crippen LogP contribution in [0.5, 0.6) is 0 Å². The molecule has 1 N–H and O–H groups in total. The maximum Gasteiger partial charge on any atom is 0.227 e. The zero-order valence-corrected chi connectivity index (χ0v) is 9.26. The lowest BCUT2D eigenvalue weighted by atomic mass is 10.1. The molecule has 0 radical (unpaired) electrons. The molecular formula is C12H9NO5-2. The van der Waals surface area contributed by atoms with Crippen LogP contribution in [0.3, 0.4) is 0 Å². The molecule has 0 saturated heterocycles. The van der Waals surface area contributed by atoms with Gasteiger partial charge in [-0.15, -0.1) is 0 Å². The van der Waals surface area contributed by atoms with Crippen LogP contribution in [0.2, 0.25) is 0 Å². The molecule has 18 heavy (non-hydrogen) atoms. The van der Waals surface area contributed by atoms with Gasteiger partial charge in [0.05, 0.1) is 11.9 Å². The third-order valence-electron chi connectivity index (χ3n) is 2.62. The largest absolute Gasteiger partial charge is 0.545 e. The number of amides is 1. The first-order valence-electron chi connectivity index (χ1n) is 5.36. The van der Waals surface area contributed by atoms with Gasteiger partial charge in [0, 0.05) is 11.6 Å². The fraction of sp³-hybridized carbons (Fsp3) is 0.250. The predicted octanol–water partition coefficient (Wildman–Crippen LogP) is -1.24. The number of hydrogen-bond donors (Lipinski definition) is 1. The van der Waals surface area contributed by atoms with E-state index >= 15 is 0 Å². The van der Waals surface area contributed by atoms with E-state index in [9.17, 15) is 24.6 Å². The van der Waals surface area contributed by atoms with Crippen LogP contribution in [0, 0.1) is 5.92 Å². The molecule has 0 heterocycles. The van der Waals surface area contributed by atoms with Gasteiger partial charge in [0.2, 0.25) is 5.91 Å². The summed E-state index contributed by atoms with van der Waals surface area (Å²) in [5.41, 5.74) is -0.515. The minimum Gasteiger partial charge on any atom is -0.545 e. The van der Waals surface area contributed by atoms with E-state index in [0.717, 1.165) is 31.0 Å². The van der Waals surface area contributed by atoms with Gasteiger partial charge in [0.25, 0.3) is 0 Å². The highest BCUT2D eigenvalue weighted by Gasteiger charge is 2.29. The number of carboxylic acids is 2. The topological polar surface area (TPSA) is 109 Å². The second-order valence-electron chi connectivity index (χ2n) is 4.14. The van der Waals surface area contributed by atoms with E-state index in [1.807, 2.05) is 0 Å². The van der Waals surface area contributed by atoms with Crippen molar-refractivity contribution >= 4 is 23.5 Å². The fourth-order valence-electron chi connectivity index (χ4n) is 1.53. The Morgan fingerprint density at radius 3 is 1.89 bits per heavy atom. The van der Waals surface area contributed by atoms with Crippen molar-refractivity contribution < 1.29 is 24.6 Å². The molecule has 2 rings (SSSR count). The standard InChI is InChI=1S/C12H11NO5/c14-10(6-1-2-6)13-9-4-7(11(15)16)3-8(5-9)12(17)18/h3-6H,1-2H2,(H,13,14)(H,15,16)(H,17,18)/p-2. The lowest BCUT2D eigenvalue weighted by Gasteiger charge is -2.12. The van der Waals surface area contributed by atoms with Crippen LogP contribution in [-0.2, 0) is 4.79 Å². The quantitative estimate of drug-likeness (QED) is 0.715. The number of carbonyl (C=O) groups excluding carboxylic acids is 3. The number of hydrogen-bond acceptors (Lipinski definition) is 5. The Kier molecular flexibility index (Phi) is 3.01. The van der Waals surface area contributed by atoms with E-state index in [1.54, 1.807) is 0 Å². The predicted molar refractivity (Wildman–Crippen MR) is 56.5 cm³/mol. The summed E-state index contributed by atoms with van der Waals surface area (Å²) in [6, 6.07) is 3.24. The van der Waals surface area contributed by atoms with Gasteiger partial charge < -0.3 is 25.1 Å². The summed E-state index contributed by atoms with van der Waals surface area (Å²) >= 11 is 0. The Balaban J connectivity index is 2.30. The zero-order valence-electron chi connectivity index (χ0n) is 9.26. The SMILES string of the molecule is O=C([O-])c1cc(NC(=O)C2CC2)cc(C(=O)[O-])c1. The minimum atomic E-state index is -1.51. The van der Waals surface area contributed by atoms with Crippen molar-refractivity contribution in [3.8, 4) is 0 Å². The average Bonchev–Trinajstić information content (AvgIpc) is 3.12. The summed E-state index contributed by atoms with van der Waals surface area (Å²) in [4.78, 5) is 32.9. The minimum absolute atomic E-state index is 0.0667. The Morgan fingerprint density at radius 1 is 1.00 bits per heavy atom. The number of rotatable bonds is 4. The maximum absolute atomic E-state index is 11.5. The molecule has 0 atom stereocenters. The first-order valence-corrected chi connectivity index (χ1v) is 5.36. The number of benzene rings is 1. The van der Waals surface area contributed by atoms with Crippen molar-refractivity contribution in [2.45, 2.75) is 12.8 Å². The van der Waals surface area contributed by atoms with Gasteiger partial charge in [-0.05, 0) is 42.2 Å². The number of carboxylic acid groups (broad SMARTS) is 2. The Labute approximate surface area is 102 Å². The van der Waals surface area contributed by atoms with Crippen molar-refractivity contribution in [1.29, 1.82) is 0 Å². The number of carbonyl (C=O) groups is 3. The lowest BCUT2D eigenvalue weighted by molar-refractivity contribution is -0.255. The van der Waals surface area contributed by atoms with Crippen LogP contribution in [0.25, 0.3) is 0 Å². The van der Waals surface area contributed by atoms with Crippen LogP contribution < -0.4 is 15.5 Å². The lowest BCUT2D eigenvalue weighted by Crippen LogP contribution is -2.26. The number of aromatic carboxylic acids is 2. The Morgan fingerprint density at radius 2 is 1.50 bits per heavy atom. The molecule has 0 aliphatic heterocycles. The molecule has 6 heteroatoms. The molecule has 0 spiro atoms. The molecule has 1 aliphatic carbocycles. The van der Waals surface area contributed by atoms with Crippen LogP contribution >= 0.6 is 0 Å². The fourth-order valence-corrected chi connectivity index (χ4v) is 1.53. The van der Waals surface area contributed by atoms with Crippen molar-refractivity contribution in [1.82, 2.24) is 0 Å². The number of anilines is 1. The van der Waals surface area contributed by atoms with Gasteiger partial charge in [0.1, 0.15) is 0 Å². The van der Waals surface area contributed by atoms with Crippen LogP contribution in [0.1, 0.15) is 33.6 Å². The van der Waals surface area contributed by atoms with Gasteiger partial charge in [-0.2, -0.15) is 0 Å². The normalized spacial score (nSPS) is 14.0. The summed E-state index contributed by atoms with van der Waals surface area (Å²) in [5, 5.41) is 23.9. The van der Waals surface area contributed by atoms with Gasteiger partial charge in [-0.1, -0.05) is 0 Å². The van der Waals surface area contributed by atoms with E-state index < -0.39 is 11.9 Å². The first-order chi connectivity index (χ1) is 8.47. The molecule has 0 unspecified atom stereocenters. The molecule has 0 aromatic heterocycles. The third kappa shape index (κ3) is 2.65. The van der Waals surface area contributed by atoms with E-state index in [2.05, 4.69) is 5.32 Å². The van der Waals surface area contributed by atoms with Gasteiger partial charge in [-0.3, -0.25) is 4.79 Å². The van der Waals surface area contributed by atoms with E-state index in [0.29, 0.717) is 0 Å². The molecule has 0 bridgehead atoms. The number of nitrogens with one attached hydrogen (secondary N) is 1.